The molecule has 86 valence electrons. The van der Waals surface area contributed by atoms with Crippen molar-refractivity contribution in [3.05, 3.63) is 23.7 Å². The van der Waals surface area contributed by atoms with Gasteiger partial charge in [-0.1, -0.05) is 26.7 Å². The van der Waals surface area contributed by atoms with Gasteiger partial charge in [0, 0.05) is 12.5 Å². The number of furan rings is 1. The van der Waals surface area contributed by atoms with Crippen molar-refractivity contribution in [3.63, 3.8) is 0 Å². The largest absolute Gasteiger partial charge is 0.465 e. The van der Waals surface area contributed by atoms with E-state index in [1.165, 1.54) is 19.3 Å². The third-order valence-corrected chi connectivity index (χ3v) is 2.68. The van der Waals surface area contributed by atoms with Gasteiger partial charge in [-0.2, -0.15) is 0 Å². The van der Waals surface area contributed by atoms with Gasteiger partial charge in [0.1, 0.15) is 11.5 Å². The summed E-state index contributed by atoms with van der Waals surface area (Å²) in [6.07, 6.45) is 4.79. The molecule has 0 fully saturated rings. The van der Waals surface area contributed by atoms with Gasteiger partial charge < -0.3 is 9.73 Å². The molecule has 1 heterocycles. The summed E-state index contributed by atoms with van der Waals surface area (Å²) in [6, 6.07) is 4.71. The fraction of sp³-hybridized carbons (Fsp3) is 0.692. The van der Waals surface area contributed by atoms with Crippen molar-refractivity contribution in [3.8, 4) is 0 Å². The lowest BCUT2D eigenvalue weighted by atomic mass is 10.1. The Morgan fingerprint density at radius 2 is 2.00 bits per heavy atom. The molecule has 0 aliphatic carbocycles. The monoisotopic (exact) mass is 209 g/mol. The van der Waals surface area contributed by atoms with Crippen LogP contribution in [0, 0.1) is 0 Å². The number of unbranched alkanes of at least 4 members (excludes halogenated alkanes) is 1. The summed E-state index contributed by atoms with van der Waals surface area (Å²) in [6.45, 7) is 7.43. The molecular formula is C13H23NO. The van der Waals surface area contributed by atoms with Crippen molar-refractivity contribution in [1.29, 1.82) is 0 Å². The van der Waals surface area contributed by atoms with Crippen LogP contribution in [-0.2, 0) is 13.0 Å². The van der Waals surface area contributed by atoms with E-state index in [0.717, 1.165) is 24.5 Å². The Balaban J connectivity index is 2.24. The zero-order chi connectivity index (χ0) is 11.1. The number of aryl methyl sites for hydroxylation is 1. The highest BCUT2D eigenvalue weighted by Gasteiger charge is 2.03. The summed E-state index contributed by atoms with van der Waals surface area (Å²) in [5.74, 6) is 2.13. The van der Waals surface area contributed by atoms with Gasteiger partial charge in [0.05, 0.1) is 6.54 Å². The van der Waals surface area contributed by atoms with Crippen LogP contribution in [0.2, 0.25) is 0 Å². The number of rotatable bonds is 7. The molecule has 0 aromatic carbocycles. The highest BCUT2D eigenvalue weighted by Crippen LogP contribution is 2.09. The minimum Gasteiger partial charge on any atom is -0.465 e. The van der Waals surface area contributed by atoms with Crippen LogP contribution < -0.4 is 5.32 Å². The van der Waals surface area contributed by atoms with Crippen molar-refractivity contribution in [1.82, 2.24) is 5.32 Å². The van der Waals surface area contributed by atoms with Gasteiger partial charge in [0.25, 0.3) is 0 Å². The summed E-state index contributed by atoms with van der Waals surface area (Å²) in [5, 5.41) is 3.48. The molecule has 0 saturated heterocycles. The van der Waals surface area contributed by atoms with E-state index in [-0.39, 0.29) is 0 Å². The highest BCUT2D eigenvalue weighted by molar-refractivity contribution is 5.06. The Morgan fingerprint density at radius 3 is 2.60 bits per heavy atom. The minimum absolute atomic E-state index is 0.583. The molecule has 0 amide bonds. The summed E-state index contributed by atoms with van der Waals surface area (Å²) < 4.78 is 5.63. The maximum Gasteiger partial charge on any atom is 0.117 e. The standard InChI is InChI=1S/C13H23NO/c1-4-6-7-11(3)14-10-13-9-8-12(5-2)15-13/h8-9,11,14H,4-7,10H2,1-3H3. The van der Waals surface area contributed by atoms with Crippen LogP contribution in [0.4, 0.5) is 0 Å². The van der Waals surface area contributed by atoms with Crippen molar-refractivity contribution in [2.45, 2.75) is 59.0 Å². The summed E-state index contributed by atoms with van der Waals surface area (Å²) in [7, 11) is 0. The molecule has 1 N–H and O–H groups in total. The van der Waals surface area contributed by atoms with E-state index in [4.69, 9.17) is 4.42 Å². The van der Waals surface area contributed by atoms with E-state index in [1.807, 2.05) is 0 Å². The second-order valence-electron chi connectivity index (χ2n) is 4.15. The molecule has 15 heavy (non-hydrogen) atoms. The van der Waals surface area contributed by atoms with E-state index in [9.17, 15) is 0 Å². The van der Waals surface area contributed by atoms with Crippen LogP contribution in [0.25, 0.3) is 0 Å². The molecule has 0 aliphatic heterocycles. The SMILES string of the molecule is CCCCC(C)NCc1ccc(CC)o1. The Bertz CT molecular complexity index is 267. The fourth-order valence-corrected chi connectivity index (χ4v) is 1.59. The van der Waals surface area contributed by atoms with Crippen molar-refractivity contribution in [2.75, 3.05) is 0 Å². The molecule has 0 spiro atoms. The third kappa shape index (κ3) is 4.52. The first-order valence-electron chi connectivity index (χ1n) is 6.07. The predicted octanol–water partition coefficient (Wildman–Crippen LogP) is 3.51. The first-order valence-corrected chi connectivity index (χ1v) is 6.07. The predicted molar refractivity (Wildman–Crippen MR) is 63.9 cm³/mol. The third-order valence-electron chi connectivity index (χ3n) is 2.68. The molecule has 1 aromatic rings. The van der Waals surface area contributed by atoms with Crippen LogP contribution in [-0.4, -0.2) is 6.04 Å². The fourth-order valence-electron chi connectivity index (χ4n) is 1.59. The van der Waals surface area contributed by atoms with E-state index in [0.29, 0.717) is 6.04 Å². The van der Waals surface area contributed by atoms with Gasteiger partial charge in [-0.25, -0.2) is 0 Å². The lowest BCUT2D eigenvalue weighted by molar-refractivity contribution is 0.420. The first-order chi connectivity index (χ1) is 7.26. The normalized spacial score (nSPS) is 13.0. The van der Waals surface area contributed by atoms with Crippen molar-refractivity contribution >= 4 is 0 Å². The van der Waals surface area contributed by atoms with E-state index < -0.39 is 0 Å². The Kier molecular flexibility index (Phi) is 5.48. The lowest BCUT2D eigenvalue weighted by Gasteiger charge is -2.11. The van der Waals surface area contributed by atoms with Crippen molar-refractivity contribution in [2.24, 2.45) is 0 Å². The van der Waals surface area contributed by atoms with E-state index in [2.05, 4.69) is 38.2 Å². The van der Waals surface area contributed by atoms with Crippen LogP contribution in [0.15, 0.2) is 16.5 Å². The Labute approximate surface area is 93.1 Å². The molecule has 1 aromatic heterocycles. The van der Waals surface area contributed by atoms with Crippen LogP contribution in [0.3, 0.4) is 0 Å². The van der Waals surface area contributed by atoms with Gasteiger partial charge >= 0.3 is 0 Å². The molecular weight excluding hydrogens is 186 g/mol. The average molecular weight is 209 g/mol. The molecule has 0 bridgehead atoms. The summed E-state index contributed by atoms with van der Waals surface area (Å²) >= 11 is 0. The Hall–Kier alpha value is -0.760. The molecule has 0 aliphatic rings. The second-order valence-corrected chi connectivity index (χ2v) is 4.15. The smallest absolute Gasteiger partial charge is 0.117 e. The molecule has 0 radical (unpaired) electrons. The maximum absolute atomic E-state index is 5.63. The Morgan fingerprint density at radius 1 is 1.27 bits per heavy atom. The van der Waals surface area contributed by atoms with Gasteiger partial charge in [-0.15, -0.1) is 0 Å². The lowest BCUT2D eigenvalue weighted by Crippen LogP contribution is -2.24. The van der Waals surface area contributed by atoms with Crippen LogP contribution >= 0.6 is 0 Å². The van der Waals surface area contributed by atoms with E-state index >= 15 is 0 Å². The van der Waals surface area contributed by atoms with Crippen LogP contribution in [0.1, 0.15) is 51.6 Å². The minimum atomic E-state index is 0.583. The first kappa shape index (κ1) is 12.3. The van der Waals surface area contributed by atoms with Gasteiger partial charge in [0.15, 0.2) is 0 Å². The molecule has 2 nitrogen and oxygen atoms in total. The van der Waals surface area contributed by atoms with Crippen molar-refractivity contribution < 1.29 is 4.42 Å². The molecule has 1 unspecified atom stereocenters. The van der Waals surface area contributed by atoms with E-state index in [1.54, 1.807) is 0 Å². The maximum atomic E-state index is 5.63. The van der Waals surface area contributed by atoms with Gasteiger partial charge in [0.2, 0.25) is 0 Å². The van der Waals surface area contributed by atoms with Gasteiger partial charge in [-0.3, -0.25) is 0 Å². The summed E-state index contributed by atoms with van der Waals surface area (Å²) in [4.78, 5) is 0. The van der Waals surface area contributed by atoms with Gasteiger partial charge in [-0.05, 0) is 25.5 Å². The quantitative estimate of drug-likeness (QED) is 0.743. The molecule has 1 rings (SSSR count). The zero-order valence-corrected chi connectivity index (χ0v) is 10.2. The summed E-state index contributed by atoms with van der Waals surface area (Å²) in [5.41, 5.74) is 0. The highest BCUT2D eigenvalue weighted by atomic mass is 16.3. The molecule has 1 atom stereocenters. The zero-order valence-electron chi connectivity index (χ0n) is 10.2. The number of nitrogens with one attached hydrogen (secondary N) is 1. The average Bonchev–Trinajstić information content (AvgIpc) is 2.71. The molecule has 0 saturated carbocycles. The van der Waals surface area contributed by atoms with Crippen LogP contribution in [0.5, 0.6) is 0 Å². The number of hydrogen-bond donors (Lipinski definition) is 1. The second kappa shape index (κ2) is 6.67. The molecule has 2 heteroatoms. The topological polar surface area (TPSA) is 25.2 Å². The number of hydrogen-bond acceptors (Lipinski definition) is 2.